The Labute approximate surface area is 321 Å². The van der Waals surface area contributed by atoms with Crippen LogP contribution in [0.2, 0.25) is 0 Å². The standard InChI is InChI=1S/C44H49N5O6/c1-44(2,3)40(49-41(52)35-23-29-14-8-9-16-31(29)26-45-35)43(54)47-34(22-27-12-6-5-7-13-27)39(51)38(46-25-28-18-20-32(55-4)21-19-28)42(53)48-37-33-17-11-10-15-30(33)24-36(37)50/h5-21,23,26,34,36-40,46,50-51H,22,24-25H2,1-4H3,(H,47,54)(H,48,53)(H,49,52)/t34-,36+,37-,38+,39+,40+/m0/s1. The summed E-state index contributed by atoms with van der Waals surface area (Å²) in [6, 6.07) is 29.5. The molecule has 0 radical (unpaired) electrons. The third-order valence-electron chi connectivity index (χ3n) is 10.1. The zero-order chi connectivity index (χ0) is 39.1. The number of ether oxygens (including phenoxy) is 1. The van der Waals surface area contributed by atoms with Gasteiger partial charge in [0.2, 0.25) is 11.8 Å². The minimum atomic E-state index is -1.46. The topological polar surface area (TPSA) is 162 Å². The van der Waals surface area contributed by atoms with Gasteiger partial charge in [0.25, 0.3) is 5.91 Å². The number of fused-ring (bicyclic) bond motifs is 2. The molecule has 3 amide bonds. The van der Waals surface area contributed by atoms with Crippen molar-refractivity contribution < 1.29 is 29.3 Å². The maximum atomic E-state index is 14.3. The van der Waals surface area contributed by atoms with E-state index in [2.05, 4.69) is 26.3 Å². The molecule has 286 valence electrons. The summed E-state index contributed by atoms with van der Waals surface area (Å²) >= 11 is 0. The summed E-state index contributed by atoms with van der Waals surface area (Å²) in [6.07, 6.45) is -0.137. The van der Waals surface area contributed by atoms with E-state index in [9.17, 15) is 24.6 Å². The molecule has 0 fully saturated rings. The molecule has 1 heterocycles. The highest BCUT2D eigenvalue weighted by Gasteiger charge is 2.40. The van der Waals surface area contributed by atoms with E-state index in [-0.39, 0.29) is 18.7 Å². The molecule has 0 bridgehead atoms. The van der Waals surface area contributed by atoms with Gasteiger partial charge < -0.3 is 30.9 Å². The van der Waals surface area contributed by atoms with Crippen molar-refractivity contribution in [1.82, 2.24) is 26.3 Å². The predicted octanol–water partition coefficient (Wildman–Crippen LogP) is 4.41. The van der Waals surface area contributed by atoms with E-state index in [0.29, 0.717) is 12.2 Å². The highest BCUT2D eigenvalue weighted by molar-refractivity contribution is 5.99. The molecule has 1 aliphatic carbocycles. The first-order valence-corrected chi connectivity index (χ1v) is 18.5. The molecule has 0 saturated heterocycles. The number of hydrogen-bond donors (Lipinski definition) is 6. The first-order chi connectivity index (χ1) is 26.4. The molecule has 6 atom stereocenters. The van der Waals surface area contributed by atoms with Crippen molar-refractivity contribution in [3.8, 4) is 5.75 Å². The summed E-state index contributed by atoms with van der Waals surface area (Å²) in [7, 11) is 1.58. The van der Waals surface area contributed by atoms with Crippen LogP contribution in [0.5, 0.6) is 5.75 Å². The van der Waals surface area contributed by atoms with Crippen molar-refractivity contribution in [2.45, 2.75) is 76.5 Å². The smallest absolute Gasteiger partial charge is 0.270 e. The summed E-state index contributed by atoms with van der Waals surface area (Å²) in [6.45, 7) is 5.72. The van der Waals surface area contributed by atoms with Gasteiger partial charge in [-0.3, -0.25) is 24.7 Å². The zero-order valence-corrected chi connectivity index (χ0v) is 31.5. The number of pyridine rings is 1. The summed E-state index contributed by atoms with van der Waals surface area (Å²) in [4.78, 5) is 46.6. The molecule has 11 nitrogen and oxygen atoms in total. The van der Waals surface area contributed by atoms with Crippen LogP contribution in [-0.4, -0.2) is 70.4 Å². The molecule has 4 aromatic carbocycles. The first kappa shape index (κ1) is 39.1. The lowest BCUT2D eigenvalue weighted by Crippen LogP contribution is -2.62. The SMILES string of the molecule is COc1ccc(CN[C@@H](C(=O)N[C@H]2c3ccccc3C[C@H]2O)[C@H](O)[C@H](Cc2ccccc2)NC(=O)[C@@H](NC(=O)c2cc3ccccc3cn2)C(C)(C)C)cc1. The van der Waals surface area contributed by atoms with Gasteiger partial charge in [-0.05, 0) is 57.7 Å². The van der Waals surface area contributed by atoms with Crippen molar-refractivity contribution >= 4 is 28.5 Å². The molecule has 0 aliphatic heterocycles. The first-order valence-electron chi connectivity index (χ1n) is 18.5. The lowest BCUT2D eigenvalue weighted by Gasteiger charge is -2.35. The number of aromatic nitrogens is 1. The number of aliphatic hydroxyl groups excluding tert-OH is 2. The van der Waals surface area contributed by atoms with Crippen LogP contribution in [0.3, 0.4) is 0 Å². The Hall–Kier alpha value is -5.62. The van der Waals surface area contributed by atoms with Gasteiger partial charge >= 0.3 is 0 Å². The number of carbonyl (C=O) groups excluding carboxylic acids is 3. The van der Waals surface area contributed by atoms with Gasteiger partial charge in [0.1, 0.15) is 23.5 Å². The van der Waals surface area contributed by atoms with E-state index in [1.54, 1.807) is 31.5 Å². The molecule has 0 unspecified atom stereocenters. The van der Waals surface area contributed by atoms with E-state index in [1.165, 1.54) is 0 Å². The minimum Gasteiger partial charge on any atom is -0.497 e. The molecular weight excluding hydrogens is 695 g/mol. The number of nitrogens with zero attached hydrogens (tertiary/aromatic N) is 1. The lowest BCUT2D eigenvalue weighted by atomic mass is 9.85. The van der Waals surface area contributed by atoms with Crippen LogP contribution < -0.4 is 26.0 Å². The Morgan fingerprint density at radius 3 is 2.22 bits per heavy atom. The maximum Gasteiger partial charge on any atom is 0.270 e. The van der Waals surface area contributed by atoms with Crippen molar-refractivity contribution in [2.24, 2.45) is 5.41 Å². The van der Waals surface area contributed by atoms with Crippen LogP contribution in [0.4, 0.5) is 0 Å². The summed E-state index contributed by atoms with van der Waals surface area (Å²) in [5.74, 6) is -0.919. The normalized spacial score (nSPS) is 17.3. The second kappa shape index (κ2) is 17.2. The Kier molecular flexibility index (Phi) is 12.2. The fourth-order valence-corrected chi connectivity index (χ4v) is 7.04. The van der Waals surface area contributed by atoms with Gasteiger partial charge in [0, 0.05) is 24.5 Å². The van der Waals surface area contributed by atoms with Crippen molar-refractivity contribution in [2.75, 3.05) is 7.11 Å². The quantitative estimate of drug-likeness (QED) is 0.0976. The molecule has 11 heteroatoms. The average molecular weight is 744 g/mol. The van der Waals surface area contributed by atoms with E-state index in [0.717, 1.165) is 33.0 Å². The fraction of sp³-hybridized carbons (Fsp3) is 0.318. The van der Waals surface area contributed by atoms with Crippen LogP contribution in [0.15, 0.2) is 115 Å². The molecule has 6 rings (SSSR count). The number of rotatable bonds is 14. The number of nitrogens with one attached hydrogen (secondary N) is 4. The van der Waals surface area contributed by atoms with E-state index >= 15 is 0 Å². The molecule has 1 aliphatic rings. The van der Waals surface area contributed by atoms with Gasteiger partial charge in [-0.1, -0.05) is 112 Å². The number of carbonyl (C=O) groups is 3. The minimum absolute atomic E-state index is 0.164. The summed E-state index contributed by atoms with van der Waals surface area (Å²) < 4.78 is 5.30. The molecule has 0 saturated carbocycles. The number of amides is 3. The van der Waals surface area contributed by atoms with Gasteiger partial charge in [0.05, 0.1) is 31.4 Å². The van der Waals surface area contributed by atoms with Gasteiger partial charge in [-0.25, -0.2) is 0 Å². The molecule has 5 aromatic rings. The number of methoxy groups -OCH3 is 1. The third-order valence-corrected chi connectivity index (χ3v) is 10.1. The Morgan fingerprint density at radius 2 is 1.51 bits per heavy atom. The summed E-state index contributed by atoms with van der Waals surface area (Å²) in [5, 5.41) is 37.1. The van der Waals surface area contributed by atoms with Crippen LogP contribution in [0, 0.1) is 5.41 Å². The third kappa shape index (κ3) is 9.55. The van der Waals surface area contributed by atoms with Crippen LogP contribution >= 0.6 is 0 Å². The largest absolute Gasteiger partial charge is 0.497 e. The van der Waals surface area contributed by atoms with Gasteiger partial charge in [0.15, 0.2) is 0 Å². The zero-order valence-electron chi connectivity index (χ0n) is 31.5. The maximum absolute atomic E-state index is 14.3. The number of benzene rings is 4. The van der Waals surface area contributed by atoms with Crippen LogP contribution in [0.1, 0.15) is 59.6 Å². The molecule has 0 spiro atoms. The molecular formula is C44H49N5O6. The highest BCUT2D eigenvalue weighted by atomic mass is 16.5. The molecule has 6 N–H and O–H groups in total. The van der Waals surface area contributed by atoms with E-state index < -0.39 is 59.5 Å². The van der Waals surface area contributed by atoms with Crippen molar-refractivity contribution in [3.63, 3.8) is 0 Å². The Morgan fingerprint density at radius 1 is 0.836 bits per heavy atom. The average Bonchev–Trinajstić information content (AvgIpc) is 3.50. The molecule has 1 aromatic heterocycles. The Bertz CT molecular complexity index is 2100. The van der Waals surface area contributed by atoms with Crippen LogP contribution in [0.25, 0.3) is 10.8 Å². The number of aliphatic hydroxyl groups is 2. The number of hydrogen-bond acceptors (Lipinski definition) is 8. The van der Waals surface area contributed by atoms with Gasteiger partial charge in [-0.15, -0.1) is 0 Å². The Balaban J connectivity index is 1.28. The van der Waals surface area contributed by atoms with E-state index in [1.807, 2.05) is 112 Å². The molecule has 55 heavy (non-hydrogen) atoms. The fourth-order valence-electron chi connectivity index (χ4n) is 7.04. The summed E-state index contributed by atoms with van der Waals surface area (Å²) in [5.41, 5.74) is 2.81. The van der Waals surface area contributed by atoms with Crippen molar-refractivity contribution in [3.05, 3.63) is 143 Å². The monoisotopic (exact) mass is 743 g/mol. The highest BCUT2D eigenvalue weighted by Crippen LogP contribution is 2.31. The lowest BCUT2D eigenvalue weighted by molar-refractivity contribution is -0.131. The van der Waals surface area contributed by atoms with E-state index in [4.69, 9.17) is 4.74 Å². The van der Waals surface area contributed by atoms with Crippen molar-refractivity contribution in [1.29, 1.82) is 0 Å². The second-order valence-corrected chi connectivity index (χ2v) is 15.1. The van der Waals surface area contributed by atoms with Gasteiger partial charge in [-0.2, -0.15) is 0 Å². The van der Waals surface area contributed by atoms with Crippen LogP contribution in [-0.2, 0) is 29.0 Å². The second-order valence-electron chi connectivity index (χ2n) is 15.1. The predicted molar refractivity (Wildman–Crippen MR) is 211 cm³/mol.